The van der Waals surface area contributed by atoms with Crippen molar-refractivity contribution in [1.29, 1.82) is 0 Å². The van der Waals surface area contributed by atoms with Crippen LogP contribution in [0.25, 0.3) is 0 Å². The van der Waals surface area contributed by atoms with Crippen LogP contribution in [0.1, 0.15) is 0 Å². The zero-order valence-electron chi connectivity index (χ0n) is 9.14. The van der Waals surface area contributed by atoms with Gasteiger partial charge in [-0.25, -0.2) is 4.39 Å². The van der Waals surface area contributed by atoms with E-state index >= 15 is 0 Å². The third kappa shape index (κ3) is 5.06. The molecule has 1 rings (SSSR count). The van der Waals surface area contributed by atoms with Crippen molar-refractivity contribution >= 4 is 17.7 Å². The molecule has 0 aromatic heterocycles. The number of aliphatic carboxylic acids is 1. The first-order valence-electron chi connectivity index (χ1n) is 5.04. The highest BCUT2D eigenvalue weighted by Crippen LogP contribution is 2.15. The van der Waals surface area contributed by atoms with Crippen LogP contribution in [-0.2, 0) is 4.79 Å². The highest BCUT2D eigenvalue weighted by atomic mass is 32.2. The van der Waals surface area contributed by atoms with E-state index in [0.29, 0.717) is 18.1 Å². The number of para-hydroxylation sites is 1. The summed E-state index contributed by atoms with van der Waals surface area (Å²) in [5.74, 6) is -0.339. The molecule has 0 fully saturated rings. The van der Waals surface area contributed by atoms with E-state index in [1.165, 1.54) is 17.8 Å². The summed E-state index contributed by atoms with van der Waals surface area (Å²) in [6.07, 6.45) is 0. The van der Waals surface area contributed by atoms with Gasteiger partial charge in [-0.3, -0.25) is 4.79 Å². The number of ether oxygens (including phenoxy) is 1. The smallest absolute Gasteiger partial charge is 0.321 e. The zero-order valence-corrected chi connectivity index (χ0v) is 9.95. The standard InChI is InChI=1S/C11H14FNO3S/c12-8-3-1-2-4-10(8)16-5-6-17-7-9(13)11(14)15/h1-4,9H,5-7,13H2,(H,14,15). The zero-order chi connectivity index (χ0) is 12.7. The molecule has 94 valence electrons. The number of carboxylic acid groups (broad SMARTS) is 1. The van der Waals surface area contributed by atoms with Crippen LogP contribution in [0, 0.1) is 5.82 Å². The molecule has 0 heterocycles. The topological polar surface area (TPSA) is 72.5 Å². The average Bonchev–Trinajstić information content (AvgIpc) is 2.30. The van der Waals surface area contributed by atoms with Crippen LogP contribution in [0.15, 0.2) is 24.3 Å². The Labute approximate surface area is 103 Å². The Hall–Kier alpha value is -1.27. The minimum atomic E-state index is -1.02. The molecule has 1 unspecified atom stereocenters. The molecule has 0 amide bonds. The van der Waals surface area contributed by atoms with Crippen LogP contribution in [0.5, 0.6) is 5.75 Å². The molecule has 0 aliphatic rings. The Kier molecular flexibility index (Phi) is 5.79. The lowest BCUT2D eigenvalue weighted by Crippen LogP contribution is -2.32. The summed E-state index contributed by atoms with van der Waals surface area (Å²) < 4.78 is 18.3. The second-order valence-corrected chi connectivity index (χ2v) is 4.45. The van der Waals surface area contributed by atoms with E-state index < -0.39 is 17.8 Å². The van der Waals surface area contributed by atoms with Crippen LogP contribution in [-0.4, -0.2) is 35.2 Å². The number of halogens is 1. The van der Waals surface area contributed by atoms with Gasteiger partial charge in [0, 0.05) is 11.5 Å². The monoisotopic (exact) mass is 259 g/mol. The minimum Gasteiger partial charge on any atom is -0.490 e. The van der Waals surface area contributed by atoms with Gasteiger partial charge in [0.2, 0.25) is 0 Å². The summed E-state index contributed by atoms with van der Waals surface area (Å²) in [5, 5.41) is 8.53. The Morgan fingerprint density at radius 2 is 2.24 bits per heavy atom. The molecule has 1 aromatic rings. The molecule has 0 aliphatic heterocycles. The summed E-state index contributed by atoms with van der Waals surface area (Å²) in [6.45, 7) is 0.317. The van der Waals surface area contributed by atoms with E-state index in [4.69, 9.17) is 15.6 Å². The maximum absolute atomic E-state index is 13.1. The van der Waals surface area contributed by atoms with E-state index in [9.17, 15) is 9.18 Å². The first kappa shape index (κ1) is 13.8. The number of thioether (sulfide) groups is 1. The van der Waals surface area contributed by atoms with E-state index in [1.807, 2.05) is 0 Å². The van der Waals surface area contributed by atoms with E-state index in [2.05, 4.69) is 0 Å². The number of carbonyl (C=O) groups is 1. The van der Waals surface area contributed by atoms with Crippen LogP contribution in [0.4, 0.5) is 4.39 Å². The van der Waals surface area contributed by atoms with Gasteiger partial charge in [0.15, 0.2) is 11.6 Å². The fourth-order valence-corrected chi connectivity index (χ4v) is 1.82. The quantitative estimate of drug-likeness (QED) is 0.723. The highest BCUT2D eigenvalue weighted by molar-refractivity contribution is 7.99. The maximum Gasteiger partial charge on any atom is 0.321 e. The third-order valence-electron chi connectivity index (χ3n) is 1.94. The normalized spacial score (nSPS) is 12.1. The molecule has 0 bridgehead atoms. The van der Waals surface area contributed by atoms with Crippen LogP contribution in [0.2, 0.25) is 0 Å². The van der Waals surface area contributed by atoms with E-state index in [1.54, 1.807) is 18.2 Å². The first-order valence-corrected chi connectivity index (χ1v) is 6.20. The molecule has 17 heavy (non-hydrogen) atoms. The predicted molar refractivity (Wildman–Crippen MR) is 64.8 cm³/mol. The van der Waals surface area contributed by atoms with Crippen molar-refractivity contribution in [2.75, 3.05) is 18.1 Å². The largest absolute Gasteiger partial charge is 0.490 e. The van der Waals surface area contributed by atoms with Gasteiger partial charge in [-0.1, -0.05) is 12.1 Å². The molecule has 4 nitrogen and oxygen atoms in total. The number of rotatable bonds is 7. The predicted octanol–water partition coefficient (Wildman–Crippen LogP) is 1.35. The van der Waals surface area contributed by atoms with Gasteiger partial charge in [-0.2, -0.15) is 11.8 Å². The molecular formula is C11H14FNO3S. The molecule has 0 saturated heterocycles. The lowest BCUT2D eigenvalue weighted by Gasteiger charge is -2.08. The molecule has 6 heteroatoms. The van der Waals surface area contributed by atoms with Gasteiger partial charge in [-0.15, -0.1) is 0 Å². The number of nitrogens with two attached hydrogens (primary N) is 1. The van der Waals surface area contributed by atoms with Crippen molar-refractivity contribution in [1.82, 2.24) is 0 Å². The highest BCUT2D eigenvalue weighted by Gasteiger charge is 2.10. The number of carboxylic acids is 1. The Morgan fingerprint density at radius 1 is 1.53 bits per heavy atom. The molecule has 0 radical (unpaired) electrons. The fourth-order valence-electron chi connectivity index (χ4n) is 1.05. The van der Waals surface area contributed by atoms with Gasteiger partial charge < -0.3 is 15.6 Å². The number of hydrogen-bond acceptors (Lipinski definition) is 4. The van der Waals surface area contributed by atoms with Crippen molar-refractivity contribution < 1.29 is 19.0 Å². The van der Waals surface area contributed by atoms with Gasteiger partial charge in [0.1, 0.15) is 6.04 Å². The summed E-state index contributed by atoms with van der Waals surface area (Å²) in [4.78, 5) is 10.4. The van der Waals surface area contributed by atoms with E-state index in [-0.39, 0.29) is 5.75 Å². The lowest BCUT2D eigenvalue weighted by atomic mass is 10.3. The lowest BCUT2D eigenvalue weighted by molar-refractivity contribution is -0.137. The number of benzene rings is 1. The van der Waals surface area contributed by atoms with Crippen molar-refractivity contribution in [3.05, 3.63) is 30.1 Å². The van der Waals surface area contributed by atoms with E-state index in [0.717, 1.165) is 0 Å². The first-order chi connectivity index (χ1) is 8.11. The van der Waals surface area contributed by atoms with Crippen LogP contribution < -0.4 is 10.5 Å². The Morgan fingerprint density at radius 3 is 2.88 bits per heavy atom. The number of hydrogen-bond donors (Lipinski definition) is 2. The second kappa shape index (κ2) is 7.13. The van der Waals surface area contributed by atoms with Crippen molar-refractivity contribution in [2.45, 2.75) is 6.04 Å². The fraction of sp³-hybridized carbons (Fsp3) is 0.364. The van der Waals surface area contributed by atoms with Crippen molar-refractivity contribution in [2.24, 2.45) is 5.73 Å². The average molecular weight is 259 g/mol. The summed E-state index contributed by atoms with van der Waals surface area (Å²) >= 11 is 1.36. The Balaban J connectivity index is 2.17. The molecule has 0 saturated carbocycles. The third-order valence-corrected chi connectivity index (χ3v) is 2.99. The minimum absolute atomic E-state index is 0.204. The summed E-state index contributed by atoms with van der Waals surface area (Å²) in [7, 11) is 0. The molecule has 0 spiro atoms. The molecule has 0 aliphatic carbocycles. The maximum atomic E-state index is 13.1. The Bertz CT molecular complexity index is 375. The summed E-state index contributed by atoms with van der Waals surface area (Å²) in [5.41, 5.74) is 5.31. The van der Waals surface area contributed by atoms with Gasteiger partial charge in [-0.05, 0) is 12.1 Å². The molecule has 1 aromatic carbocycles. The van der Waals surface area contributed by atoms with Crippen LogP contribution in [0.3, 0.4) is 0 Å². The van der Waals surface area contributed by atoms with Gasteiger partial charge >= 0.3 is 5.97 Å². The molecular weight excluding hydrogens is 245 g/mol. The van der Waals surface area contributed by atoms with Gasteiger partial charge in [0.25, 0.3) is 0 Å². The second-order valence-electron chi connectivity index (χ2n) is 3.30. The SMILES string of the molecule is NC(CSCCOc1ccccc1F)C(=O)O. The summed E-state index contributed by atoms with van der Waals surface area (Å²) in [6, 6.07) is 5.27. The van der Waals surface area contributed by atoms with Crippen LogP contribution >= 0.6 is 11.8 Å². The molecule has 3 N–H and O–H groups in total. The molecule has 1 atom stereocenters. The van der Waals surface area contributed by atoms with Gasteiger partial charge in [0.05, 0.1) is 6.61 Å². The van der Waals surface area contributed by atoms with Crippen molar-refractivity contribution in [3.63, 3.8) is 0 Å². The van der Waals surface area contributed by atoms with Crippen molar-refractivity contribution in [3.8, 4) is 5.75 Å².